The van der Waals surface area contributed by atoms with Crippen LogP contribution in [-0.2, 0) is 9.59 Å². The molecule has 0 fully saturated rings. The van der Waals surface area contributed by atoms with Gasteiger partial charge in [-0.05, 0) is 12.8 Å². The maximum atomic E-state index is 11.6. The first kappa shape index (κ1) is 20.1. The van der Waals surface area contributed by atoms with Crippen LogP contribution in [0.4, 0.5) is 0 Å². The number of carboxylic acids is 2. The zero-order valence-electron chi connectivity index (χ0n) is 14.8. The number of rotatable bonds is 12. The fraction of sp³-hybridized carbons (Fsp3) is 0.667. The minimum absolute atomic E-state index is 0.138. The third kappa shape index (κ3) is 6.26. The SMILES string of the molecule is CCCCCNC1=C(C(=O)O)CC(NCCCCC)=C(C(=O)O)C1. The predicted octanol–water partition coefficient (Wildman–Crippen LogP) is 3.02. The van der Waals surface area contributed by atoms with E-state index in [1.54, 1.807) is 0 Å². The van der Waals surface area contributed by atoms with Gasteiger partial charge in [0, 0.05) is 37.3 Å². The normalized spacial score (nSPS) is 14.8. The zero-order valence-corrected chi connectivity index (χ0v) is 14.8. The molecule has 0 aliphatic heterocycles. The highest BCUT2D eigenvalue weighted by molar-refractivity contribution is 5.93. The van der Waals surface area contributed by atoms with Crippen LogP contribution in [0.15, 0.2) is 22.5 Å². The lowest BCUT2D eigenvalue weighted by Crippen LogP contribution is -2.29. The van der Waals surface area contributed by atoms with Crippen molar-refractivity contribution in [2.45, 2.75) is 65.2 Å². The molecule has 0 saturated heterocycles. The number of hydrogen-bond acceptors (Lipinski definition) is 4. The summed E-state index contributed by atoms with van der Waals surface area (Å²) < 4.78 is 0. The van der Waals surface area contributed by atoms with E-state index in [0.29, 0.717) is 24.5 Å². The number of carboxylic acid groups (broad SMARTS) is 2. The Morgan fingerprint density at radius 1 is 0.792 bits per heavy atom. The van der Waals surface area contributed by atoms with Crippen molar-refractivity contribution >= 4 is 11.9 Å². The summed E-state index contributed by atoms with van der Waals surface area (Å²) in [7, 11) is 0. The van der Waals surface area contributed by atoms with Gasteiger partial charge in [-0.15, -0.1) is 0 Å². The van der Waals surface area contributed by atoms with Crippen LogP contribution in [0.5, 0.6) is 0 Å². The van der Waals surface area contributed by atoms with Gasteiger partial charge in [0.25, 0.3) is 0 Å². The van der Waals surface area contributed by atoms with Crippen molar-refractivity contribution in [1.29, 1.82) is 0 Å². The lowest BCUT2D eigenvalue weighted by Gasteiger charge is -2.24. The number of hydrogen-bond donors (Lipinski definition) is 4. The Morgan fingerprint density at radius 3 is 1.46 bits per heavy atom. The largest absolute Gasteiger partial charge is 0.478 e. The fourth-order valence-electron chi connectivity index (χ4n) is 2.76. The molecule has 0 aromatic carbocycles. The standard InChI is InChI=1S/C18H30N2O4/c1-3-5-7-9-19-15-11-14(18(23)24)16(12-13(15)17(21)22)20-10-8-6-4-2/h19-20H,3-12H2,1-2H3,(H,21,22)(H,23,24). The lowest BCUT2D eigenvalue weighted by molar-refractivity contribution is -0.134. The van der Waals surface area contributed by atoms with Crippen LogP contribution >= 0.6 is 0 Å². The fourth-order valence-corrected chi connectivity index (χ4v) is 2.76. The molecular weight excluding hydrogens is 308 g/mol. The Kier molecular flexibility index (Phi) is 8.97. The molecule has 0 unspecified atom stereocenters. The molecule has 1 aliphatic carbocycles. The van der Waals surface area contributed by atoms with Gasteiger partial charge < -0.3 is 20.8 Å². The van der Waals surface area contributed by atoms with Crippen molar-refractivity contribution < 1.29 is 19.8 Å². The third-order valence-electron chi connectivity index (χ3n) is 4.19. The maximum absolute atomic E-state index is 11.6. The molecule has 1 aliphatic rings. The predicted molar refractivity (Wildman–Crippen MR) is 93.6 cm³/mol. The van der Waals surface area contributed by atoms with Gasteiger partial charge in [-0.1, -0.05) is 39.5 Å². The van der Waals surface area contributed by atoms with Crippen molar-refractivity contribution in [2.75, 3.05) is 13.1 Å². The Morgan fingerprint density at radius 2 is 1.17 bits per heavy atom. The maximum Gasteiger partial charge on any atom is 0.333 e. The molecule has 0 heterocycles. The molecule has 136 valence electrons. The first-order chi connectivity index (χ1) is 11.5. The van der Waals surface area contributed by atoms with Crippen LogP contribution in [0.3, 0.4) is 0 Å². The molecule has 6 nitrogen and oxygen atoms in total. The van der Waals surface area contributed by atoms with Crippen molar-refractivity contribution in [3.63, 3.8) is 0 Å². The van der Waals surface area contributed by atoms with Gasteiger partial charge in [-0.25, -0.2) is 9.59 Å². The quantitative estimate of drug-likeness (QED) is 0.408. The van der Waals surface area contributed by atoms with Crippen LogP contribution in [0.25, 0.3) is 0 Å². The van der Waals surface area contributed by atoms with Crippen molar-refractivity contribution in [2.24, 2.45) is 0 Å². The first-order valence-corrected chi connectivity index (χ1v) is 8.89. The highest BCUT2D eigenvalue weighted by Crippen LogP contribution is 2.28. The Bertz CT molecular complexity index is 463. The van der Waals surface area contributed by atoms with E-state index >= 15 is 0 Å². The van der Waals surface area contributed by atoms with E-state index in [4.69, 9.17) is 0 Å². The van der Waals surface area contributed by atoms with E-state index < -0.39 is 11.9 Å². The van der Waals surface area contributed by atoms with E-state index in [2.05, 4.69) is 24.5 Å². The molecular formula is C18H30N2O4. The van der Waals surface area contributed by atoms with Crippen LogP contribution in [0.2, 0.25) is 0 Å². The summed E-state index contributed by atoms with van der Waals surface area (Å²) >= 11 is 0. The van der Waals surface area contributed by atoms with Crippen LogP contribution < -0.4 is 10.6 Å². The third-order valence-corrected chi connectivity index (χ3v) is 4.19. The smallest absolute Gasteiger partial charge is 0.333 e. The number of aliphatic carboxylic acids is 2. The molecule has 0 radical (unpaired) electrons. The molecule has 24 heavy (non-hydrogen) atoms. The monoisotopic (exact) mass is 338 g/mol. The summed E-state index contributed by atoms with van der Waals surface area (Å²) in [6.07, 6.45) is 6.46. The van der Waals surface area contributed by atoms with Gasteiger partial charge in [0.05, 0.1) is 11.1 Å². The summed E-state index contributed by atoms with van der Waals surface area (Å²) in [5, 5.41) is 25.2. The van der Waals surface area contributed by atoms with Gasteiger partial charge in [0.1, 0.15) is 0 Å². The molecule has 0 bridgehead atoms. The van der Waals surface area contributed by atoms with Crippen LogP contribution in [0, 0.1) is 0 Å². The number of allylic oxidation sites excluding steroid dienone is 2. The van der Waals surface area contributed by atoms with Crippen molar-refractivity contribution in [1.82, 2.24) is 10.6 Å². The molecule has 1 rings (SSSR count). The lowest BCUT2D eigenvalue weighted by atomic mass is 9.92. The number of unbranched alkanes of at least 4 members (excludes halogenated alkanes) is 4. The second-order valence-corrected chi connectivity index (χ2v) is 6.15. The summed E-state index contributed by atoms with van der Waals surface area (Å²) in [6.45, 7) is 5.55. The second-order valence-electron chi connectivity index (χ2n) is 6.15. The average Bonchev–Trinajstić information content (AvgIpc) is 2.55. The molecule has 0 atom stereocenters. The molecule has 0 spiro atoms. The van der Waals surface area contributed by atoms with E-state index in [1.165, 1.54) is 0 Å². The van der Waals surface area contributed by atoms with Gasteiger partial charge in [-0.2, -0.15) is 0 Å². The van der Waals surface area contributed by atoms with Gasteiger partial charge >= 0.3 is 11.9 Å². The Labute approximate surface area is 144 Å². The minimum atomic E-state index is -0.981. The zero-order chi connectivity index (χ0) is 17.9. The molecule has 0 aromatic heterocycles. The van der Waals surface area contributed by atoms with Crippen LogP contribution in [0.1, 0.15) is 65.2 Å². The Hall–Kier alpha value is -1.98. The minimum Gasteiger partial charge on any atom is -0.478 e. The van der Waals surface area contributed by atoms with E-state index in [9.17, 15) is 19.8 Å². The molecule has 6 heteroatoms. The van der Waals surface area contributed by atoms with Crippen molar-refractivity contribution in [3.05, 3.63) is 22.5 Å². The van der Waals surface area contributed by atoms with E-state index in [-0.39, 0.29) is 24.0 Å². The Balaban J connectivity index is 2.81. The summed E-state index contributed by atoms with van der Waals surface area (Å²) in [6, 6.07) is 0. The molecule has 0 aromatic rings. The highest BCUT2D eigenvalue weighted by Gasteiger charge is 2.27. The summed E-state index contributed by atoms with van der Waals surface area (Å²) in [4.78, 5) is 23.1. The molecule has 0 amide bonds. The van der Waals surface area contributed by atoms with Gasteiger partial charge in [-0.3, -0.25) is 0 Å². The number of carbonyl (C=O) groups is 2. The summed E-state index contributed by atoms with van der Waals surface area (Å²) in [5.41, 5.74) is 1.62. The van der Waals surface area contributed by atoms with Gasteiger partial charge in [0.15, 0.2) is 0 Å². The number of nitrogens with one attached hydrogen (secondary N) is 2. The average molecular weight is 338 g/mol. The topological polar surface area (TPSA) is 98.7 Å². The first-order valence-electron chi connectivity index (χ1n) is 8.89. The van der Waals surface area contributed by atoms with Crippen LogP contribution in [-0.4, -0.2) is 35.2 Å². The van der Waals surface area contributed by atoms with Gasteiger partial charge in [0.2, 0.25) is 0 Å². The van der Waals surface area contributed by atoms with E-state index in [1.807, 2.05) is 0 Å². The van der Waals surface area contributed by atoms with Crippen molar-refractivity contribution in [3.8, 4) is 0 Å². The summed E-state index contributed by atoms with van der Waals surface area (Å²) in [5.74, 6) is -1.96. The highest BCUT2D eigenvalue weighted by atomic mass is 16.4. The molecule has 0 saturated carbocycles. The second kappa shape index (κ2) is 10.7. The molecule has 4 N–H and O–H groups in total. The van der Waals surface area contributed by atoms with E-state index in [0.717, 1.165) is 38.5 Å².